The van der Waals surface area contributed by atoms with E-state index in [0.717, 1.165) is 18.6 Å². The van der Waals surface area contributed by atoms with Crippen LogP contribution in [0.5, 0.6) is 0 Å². The molecule has 0 atom stereocenters. The van der Waals surface area contributed by atoms with E-state index in [1.54, 1.807) is 0 Å². The number of rotatable bonds is 1. The molecule has 0 aromatic heterocycles. The normalized spacial score (nSPS) is 40.3. The molecule has 0 radical (unpaired) electrons. The van der Waals surface area contributed by atoms with E-state index < -0.39 is 6.17 Å². The number of halogens is 1. The Bertz CT molecular complexity index is 59.1. The third-order valence-corrected chi connectivity index (χ3v) is 1.95. The van der Waals surface area contributed by atoms with Crippen LogP contribution < -0.4 is 0 Å². The molecule has 1 saturated carbocycles. The first-order valence-electron chi connectivity index (χ1n) is 2.58. The second-order valence-electron chi connectivity index (χ2n) is 2.12. The van der Waals surface area contributed by atoms with Crippen molar-refractivity contribution in [3.8, 4) is 0 Å². The Morgan fingerprint density at radius 2 is 2.14 bits per heavy atom. The molecule has 0 heterocycles. The standard InChI is InChI=1S/C5H9FS/c6-5-1-4(2-5)3-7/h4-5,7H,1-3H2. The van der Waals surface area contributed by atoms with Gasteiger partial charge in [-0.25, -0.2) is 4.39 Å². The molecule has 1 aliphatic rings. The summed E-state index contributed by atoms with van der Waals surface area (Å²) < 4.78 is 11.9. The lowest BCUT2D eigenvalue weighted by atomic mass is 9.85. The maximum Gasteiger partial charge on any atom is 0.101 e. The van der Waals surface area contributed by atoms with Crippen LogP contribution in [-0.2, 0) is 0 Å². The van der Waals surface area contributed by atoms with Crippen LogP contribution in [-0.4, -0.2) is 11.9 Å². The first-order valence-corrected chi connectivity index (χ1v) is 3.21. The van der Waals surface area contributed by atoms with Crippen molar-refractivity contribution in [3.05, 3.63) is 0 Å². The van der Waals surface area contributed by atoms with Crippen LogP contribution in [0.2, 0.25) is 0 Å². The number of thiol groups is 1. The molecule has 0 aromatic carbocycles. The summed E-state index contributed by atoms with van der Waals surface area (Å²) in [4.78, 5) is 0. The topological polar surface area (TPSA) is 0 Å². The van der Waals surface area contributed by atoms with Gasteiger partial charge < -0.3 is 0 Å². The summed E-state index contributed by atoms with van der Waals surface area (Å²) in [6.45, 7) is 0. The van der Waals surface area contributed by atoms with Crippen LogP contribution in [0.1, 0.15) is 12.8 Å². The van der Waals surface area contributed by atoms with Crippen molar-refractivity contribution < 1.29 is 4.39 Å². The van der Waals surface area contributed by atoms with E-state index in [2.05, 4.69) is 12.6 Å². The zero-order valence-corrected chi connectivity index (χ0v) is 5.00. The van der Waals surface area contributed by atoms with E-state index in [9.17, 15) is 4.39 Å². The van der Waals surface area contributed by atoms with E-state index >= 15 is 0 Å². The third kappa shape index (κ3) is 1.09. The second kappa shape index (κ2) is 2.03. The summed E-state index contributed by atoms with van der Waals surface area (Å²) in [7, 11) is 0. The van der Waals surface area contributed by atoms with E-state index in [1.807, 2.05) is 0 Å². The van der Waals surface area contributed by atoms with Gasteiger partial charge in [-0.2, -0.15) is 12.6 Å². The van der Waals surface area contributed by atoms with Gasteiger partial charge in [-0.05, 0) is 24.5 Å². The van der Waals surface area contributed by atoms with E-state index in [1.165, 1.54) is 0 Å². The highest BCUT2D eigenvalue weighted by molar-refractivity contribution is 7.80. The molecular weight excluding hydrogens is 111 g/mol. The summed E-state index contributed by atoms with van der Waals surface area (Å²) in [5.74, 6) is 1.44. The van der Waals surface area contributed by atoms with Gasteiger partial charge in [-0.1, -0.05) is 0 Å². The van der Waals surface area contributed by atoms with Gasteiger partial charge in [0.15, 0.2) is 0 Å². The summed E-state index contributed by atoms with van der Waals surface area (Å²) in [6, 6.07) is 0. The van der Waals surface area contributed by atoms with Crippen molar-refractivity contribution in [2.75, 3.05) is 5.75 Å². The first-order chi connectivity index (χ1) is 3.33. The van der Waals surface area contributed by atoms with Crippen LogP contribution >= 0.6 is 12.6 Å². The molecule has 0 unspecified atom stereocenters. The van der Waals surface area contributed by atoms with Crippen LogP contribution in [0.15, 0.2) is 0 Å². The Morgan fingerprint density at radius 3 is 2.29 bits per heavy atom. The Hall–Kier alpha value is 0.280. The van der Waals surface area contributed by atoms with E-state index in [-0.39, 0.29) is 0 Å². The fourth-order valence-electron chi connectivity index (χ4n) is 0.803. The summed E-state index contributed by atoms with van der Waals surface area (Å²) >= 11 is 4.02. The summed E-state index contributed by atoms with van der Waals surface area (Å²) in [5, 5.41) is 0. The lowest BCUT2D eigenvalue weighted by Gasteiger charge is -2.27. The minimum atomic E-state index is -0.503. The largest absolute Gasteiger partial charge is 0.247 e. The van der Waals surface area contributed by atoms with Crippen LogP contribution in [0, 0.1) is 5.92 Å². The van der Waals surface area contributed by atoms with Crippen LogP contribution in [0.25, 0.3) is 0 Å². The molecule has 0 saturated heterocycles. The Balaban J connectivity index is 2.06. The molecule has 42 valence electrons. The zero-order valence-electron chi connectivity index (χ0n) is 4.10. The quantitative estimate of drug-likeness (QED) is 0.500. The van der Waals surface area contributed by atoms with E-state index in [4.69, 9.17) is 0 Å². The predicted molar refractivity (Wildman–Crippen MR) is 31.5 cm³/mol. The SMILES string of the molecule is FC1CC(CS)C1. The molecule has 0 spiro atoms. The van der Waals surface area contributed by atoms with Gasteiger partial charge in [0.25, 0.3) is 0 Å². The first kappa shape index (κ1) is 5.42. The number of hydrogen-bond acceptors (Lipinski definition) is 1. The fraction of sp³-hybridized carbons (Fsp3) is 1.00. The van der Waals surface area contributed by atoms with Gasteiger partial charge in [0, 0.05) is 0 Å². The molecule has 0 aliphatic heterocycles. The maximum absolute atomic E-state index is 11.9. The average Bonchev–Trinajstić information content (AvgIpc) is 1.58. The zero-order chi connectivity index (χ0) is 5.28. The fourth-order valence-corrected chi connectivity index (χ4v) is 1.10. The second-order valence-corrected chi connectivity index (χ2v) is 2.48. The van der Waals surface area contributed by atoms with Gasteiger partial charge >= 0.3 is 0 Å². The maximum atomic E-state index is 11.9. The molecule has 0 aromatic rings. The molecule has 1 fully saturated rings. The molecule has 7 heavy (non-hydrogen) atoms. The molecule has 0 N–H and O–H groups in total. The highest BCUT2D eigenvalue weighted by Crippen LogP contribution is 2.30. The van der Waals surface area contributed by atoms with Gasteiger partial charge in [0.2, 0.25) is 0 Å². The van der Waals surface area contributed by atoms with Gasteiger partial charge in [-0.15, -0.1) is 0 Å². The minimum Gasteiger partial charge on any atom is -0.247 e. The van der Waals surface area contributed by atoms with Crippen molar-refractivity contribution in [1.29, 1.82) is 0 Å². The van der Waals surface area contributed by atoms with Gasteiger partial charge in [-0.3, -0.25) is 0 Å². The van der Waals surface area contributed by atoms with Gasteiger partial charge in [0.1, 0.15) is 6.17 Å². The molecule has 0 nitrogen and oxygen atoms in total. The molecule has 0 amide bonds. The van der Waals surface area contributed by atoms with Crippen molar-refractivity contribution in [1.82, 2.24) is 0 Å². The Labute approximate surface area is 48.5 Å². The van der Waals surface area contributed by atoms with Crippen molar-refractivity contribution >= 4 is 12.6 Å². The van der Waals surface area contributed by atoms with Crippen molar-refractivity contribution in [2.45, 2.75) is 19.0 Å². The highest BCUT2D eigenvalue weighted by atomic mass is 32.1. The Morgan fingerprint density at radius 1 is 1.57 bits per heavy atom. The lowest BCUT2D eigenvalue weighted by Crippen LogP contribution is -2.25. The van der Waals surface area contributed by atoms with Crippen molar-refractivity contribution in [3.63, 3.8) is 0 Å². The van der Waals surface area contributed by atoms with E-state index in [0.29, 0.717) is 5.92 Å². The van der Waals surface area contributed by atoms with Crippen LogP contribution in [0.3, 0.4) is 0 Å². The molecule has 1 rings (SSSR count). The lowest BCUT2D eigenvalue weighted by molar-refractivity contribution is 0.147. The Kier molecular flexibility index (Phi) is 1.57. The third-order valence-electron chi connectivity index (χ3n) is 1.44. The number of hydrogen-bond donors (Lipinski definition) is 1. The number of alkyl halides is 1. The predicted octanol–water partition coefficient (Wildman–Crippen LogP) is 1.66. The molecule has 2 heteroatoms. The highest BCUT2D eigenvalue weighted by Gasteiger charge is 2.26. The summed E-state index contributed by atoms with van der Waals surface area (Å²) in [6.07, 6.45) is 1.00. The van der Waals surface area contributed by atoms with Crippen LogP contribution in [0.4, 0.5) is 4.39 Å². The smallest absolute Gasteiger partial charge is 0.101 e. The molecular formula is C5H9FS. The average molecular weight is 120 g/mol. The van der Waals surface area contributed by atoms with Gasteiger partial charge in [0.05, 0.1) is 0 Å². The summed E-state index contributed by atoms with van der Waals surface area (Å²) in [5.41, 5.74) is 0. The molecule has 1 aliphatic carbocycles. The molecule has 0 bridgehead atoms. The minimum absolute atomic E-state index is 0.503. The van der Waals surface area contributed by atoms with Crippen molar-refractivity contribution in [2.24, 2.45) is 5.92 Å². The monoisotopic (exact) mass is 120 g/mol.